The van der Waals surface area contributed by atoms with Gasteiger partial charge in [-0.05, 0) is 50.3 Å². The lowest BCUT2D eigenvalue weighted by Gasteiger charge is -2.26. The smallest absolute Gasteiger partial charge is 0.407 e. The van der Waals surface area contributed by atoms with Crippen LogP contribution in [-0.2, 0) is 28.9 Å². The fourth-order valence-corrected chi connectivity index (χ4v) is 3.08. The Morgan fingerprint density at radius 3 is 2.45 bits per heavy atom. The van der Waals surface area contributed by atoms with E-state index in [4.69, 9.17) is 9.47 Å². The molecule has 2 aromatic rings. The number of ether oxygens (including phenoxy) is 2. The van der Waals surface area contributed by atoms with Crippen LogP contribution in [0.4, 0.5) is 10.7 Å². The molecule has 0 saturated carbocycles. The molecule has 1 fully saturated rings. The average molecular weight is 399 g/mol. The third kappa shape index (κ3) is 7.02. The van der Waals surface area contributed by atoms with E-state index < -0.39 is 11.7 Å². The highest BCUT2D eigenvalue weighted by Crippen LogP contribution is 2.13. The minimum atomic E-state index is -0.495. The number of hydrogen-bond donors (Lipinski definition) is 1. The molecule has 3 rings (SSSR count). The molecule has 0 aliphatic carbocycles. The van der Waals surface area contributed by atoms with Crippen molar-refractivity contribution in [2.24, 2.45) is 0 Å². The van der Waals surface area contributed by atoms with Crippen molar-refractivity contribution in [2.75, 3.05) is 31.2 Å². The van der Waals surface area contributed by atoms with Gasteiger partial charge in [-0.3, -0.25) is 0 Å². The van der Waals surface area contributed by atoms with Crippen molar-refractivity contribution >= 4 is 12.0 Å². The van der Waals surface area contributed by atoms with E-state index in [1.807, 2.05) is 45.3 Å². The van der Waals surface area contributed by atoms with Crippen molar-refractivity contribution in [3.63, 3.8) is 0 Å². The van der Waals surface area contributed by atoms with Crippen molar-refractivity contribution in [1.82, 2.24) is 15.3 Å². The molecule has 156 valence electrons. The minimum absolute atomic E-state index is 0.402. The Morgan fingerprint density at radius 2 is 1.76 bits per heavy atom. The minimum Gasteiger partial charge on any atom is -0.444 e. The number of nitrogens with zero attached hydrogens (tertiary/aromatic N) is 3. The third-order valence-corrected chi connectivity index (χ3v) is 4.52. The second-order valence-corrected chi connectivity index (χ2v) is 8.17. The third-order valence-electron chi connectivity index (χ3n) is 4.52. The molecule has 1 saturated heterocycles. The monoisotopic (exact) mass is 398 g/mol. The fourth-order valence-electron chi connectivity index (χ4n) is 3.08. The van der Waals surface area contributed by atoms with Crippen molar-refractivity contribution in [3.05, 3.63) is 53.3 Å². The summed E-state index contributed by atoms with van der Waals surface area (Å²) in [5.41, 5.74) is 2.88. The molecular weight excluding hydrogens is 368 g/mol. The lowest BCUT2D eigenvalue weighted by atomic mass is 10.0. The molecule has 0 spiro atoms. The molecule has 2 heterocycles. The van der Waals surface area contributed by atoms with Gasteiger partial charge in [0, 0.05) is 32.0 Å². The van der Waals surface area contributed by atoms with E-state index in [1.54, 1.807) is 0 Å². The van der Waals surface area contributed by atoms with Gasteiger partial charge >= 0.3 is 6.09 Å². The van der Waals surface area contributed by atoms with Crippen molar-refractivity contribution < 1.29 is 14.3 Å². The van der Waals surface area contributed by atoms with Gasteiger partial charge in [-0.25, -0.2) is 14.8 Å². The molecule has 1 aromatic heterocycles. The number of morpholine rings is 1. The number of hydrogen-bond acceptors (Lipinski definition) is 6. The average Bonchev–Trinajstić information content (AvgIpc) is 2.71. The fraction of sp³-hybridized carbons (Fsp3) is 0.500. The lowest BCUT2D eigenvalue weighted by molar-refractivity contribution is 0.0523. The van der Waals surface area contributed by atoms with Crippen LogP contribution in [0.15, 0.2) is 36.7 Å². The first-order valence-corrected chi connectivity index (χ1v) is 10.1. The van der Waals surface area contributed by atoms with E-state index in [-0.39, 0.29) is 0 Å². The second kappa shape index (κ2) is 9.69. The van der Waals surface area contributed by atoms with Crippen LogP contribution < -0.4 is 10.2 Å². The number of alkyl carbamates (subject to hydrolysis) is 1. The zero-order valence-corrected chi connectivity index (χ0v) is 17.5. The molecular formula is C22H30N4O3. The van der Waals surface area contributed by atoms with Gasteiger partial charge in [-0.15, -0.1) is 0 Å². The maximum atomic E-state index is 11.8. The van der Waals surface area contributed by atoms with Gasteiger partial charge in [-0.2, -0.15) is 0 Å². The number of nitrogens with one attached hydrogen (secondary N) is 1. The Morgan fingerprint density at radius 1 is 1.10 bits per heavy atom. The molecule has 1 aliphatic heterocycles. The summed E-state index contributed by atoms with van der Waals surface area (Å²) in [5, 5.41) is 2.80. The molecule has 7 nitrogen and oxygen atoms in total. The Bertz CT molecular complexity index is 796. The zero-order chi connectivity index (χ0) is 20.7. The van der Waals surface area contributed by atoms with E-state index in [0.717, 1.165) is 56.2 Å². The van der Waals surface area contributed by atoms with Crippen LogP contribution in [0.25, 0.3) is 0 Å². The molecule has 0 radical (unpaired) electrons. The van der Waals surface area contributed by atoms with Crippen molar-refractivity contribution in [1.29, 1.82) is 0 Å². The van der Waals surface area contributed by atoms with E-state index in [9.17, 15) is 4.79 Å². The maximum Gasteiger partial charge on any atom is 0.407 e. The Hall–Kier alpha value is -2.67. The molecule has 0 unspecified atom stereocenters. The lowest BCUT2D eigenvalue weighted by Crippen LogP contribution is -2.37. The molecule has 1 aliphatic rings. The Balaban J connectivity index is 1.49. The normalized spacial score (nSPS) is 14.5. The van der Waals surface area contributed by atoms with E-state index in [2.05, 4.69) is 32.3 Å². The van der Waals surface area contributed by atoms with Crippen LogP contribution in [0, 0.1) is 0 Å². The first kappa shape index (κ1) is 21.0. The largest absolute Gasteiger partial charge is 0.444 e. The predicted molar refractivity (Wildman–Crippen MR) is 112 cm³/mol. The summed E-state index contributed by atoms with van der Waals surface area (Å²) in [5.74, 6) is 0.771. The number of carbonyl (C=O) groups excluding carboxylic acids is 1. The summed E-state index contributed by atoms with van der Waals surface area (Å²) in [6.45, 7) is 9.13. The Labute approximate surface area is 172 Å². The topological polar surface area (TPSA) is 76.6 Å². The van der Waals surface area contributed by atoms with Crippen molar-refractivity contribution in [3.8, 4) is 0 Å². The van der Waals surface area contributed by atoms with Crippen LogP contribution in [0.2, 0.25) is 0 Å². The SMILES string of the molecule is CC(C)(C)OC(=O)NCc1cccc(CCc2cnc(N3CCOCC3)nc2)c1. The Kier molecular flexibility index (Phi) is 7.04. The van der Waals surface area contributed by atoms with Gasteiger partial charge in [0.1, 0.15) is 5.60 Å². The van der Waals surface area contributed by atoms with Crippen LogP contribution in [-0.4, -0.2) is 48.0 Å². The summed E-state index contributed by atoms with van der Waals surface area (Å²) < 4.78 is 10.6. The molecule has 7 heteroatoms. The molecule has 1 amide bonds. The van der Waals surface area contributed by atoms with Crippen LogP contribution in [0.3, 0.4) is 0 Å². The highest BCUT2D eigenvalue weighted by Gasteiger charge is 2.16. The number of amides is 1. The number of anilines is 1. The number of carbonyl (C=O) groups is 1. The van der Waals surface area contributed by atoms with Gasteiger partial charge < -0.3 is 19.7 Å². The quantitative estimate of drug-likeness (QED) is 0.806. The summed E-state index contributed by atoms with van der Waals surface area (Å²) in [4.78, 5) is 23.0. The van der Waals surface area contributed by atoms with Gasteiger partial charge in [0.25, 0.3) is 0 Å². The van der Waals surface area contributed by atoms with E-state index in [1.165, 1.54) is 5.56 Å². The standard InChI is InChI=1S/C22H30N4O3/c1-22(2,3)29-21(27)25-14-18-6-4-5-17(13-18)7-8-19-15-23-20(24-16-19)26-9-11-28-12-10-26/h4-6,13,15-16H,7-12,14H2,1-3H3,(H,25,27). The summed E-state index contributed by atoms with van der Waals surface area (Å²) in [7, 11) is 0. The molecule has 29 heavy (non-hydrogen) atoms. The number of aromatic nitrogens is 2. The first-order valence-electron chi connectivity index (χ1n) is 10.1. The number of aryl methyl sites for hydroxylation is 2. The highest BCUT2D eigenvalue weighted by molar-refractivity contribution is 5.67. The summed E-state index contributed by atoms with van der Waals surface area (Å²) >= 11 is 0. The second-order valence-electron chi connectivity index (χ2n) is 8.17. The first-order chi connectivity index (χ1) is 13.9. The van der Waals surface area contributed by atoms with E-state index >= 15 is 0 Å². The number of benzene rings is 1. The summed E-state index contributed by atoms with van der Waals surface area (Å²) in [6, 6.07) is 8.22. The zero-order valence-electron chi connectivity index (χ0n) is 17.5. The molecule has 0 atom stereocenters. The maximum absolute atomic E-state index is 11.8. The van der Waals surface area contributed by atoms with Crippen LogP contribution >= 0.6 is 0 Å². The van der Waals surface area contributed by atoms with E-state index in [0.29, 0.717) is 6.54 Å². The van der Waals surface area contributed by atoms with Gasteiger partial charge in [0.2, 0.25) is 5.95 Å². The van der Waals surface area contributed by atoms with Crippen LogP contribution in [0.5, 0.6) is 0 Å². The molecule has 1 aromatic carbocycles. The molecule has 1 N–H and O–H groups in total. The predicted octanol–water partition coefficient (Wildman–Crippen LogP) is 3.12. The number of rotatable bonds is 6. The van der Waals surface area contributed by atoms with Gasteiger partial charge in [-0.1, -0.05) is 24.3 Å². The molecule has 0 bridgehead atoms. The van der Waals surface area contributed by atoms with Crippen molar-refractivity contribution in [2.45, 2.75) is 45.8 Å². The summed E-state index contributed by atoms with van der Waals surface area (Å²) in [6.07, 6.45) is 5.17. The van der Waals surface area contributed by atoms with Crippen LogP contribution in [0.1, 0.15) is 37.5 Å². The van der Waals surface area contributed by atoms with Gasteiger partial charge in [0.05, 0.1) is 13.2 Å². The van der Waals surface area contributed by atoms with Gasteiger partial charge in [0.15, 0.2) is 0 Å². The highest BCUT2D eigenvalue weighted by atomic mass is 16.6.